The molecule has 1 amide bonds. The number of amides is 1. The monoisotopic (exact) mass is 503 g/mol. The highest BCUT2D eigenvalue weighted by molar-refractivity contribution is 9.11. The van der Waals surface area contributed by atoms with Crippen molar-refractivity contribution in [2.24, 2.45) is 0 Å². The Kier molecular flexibility index (Phi) is 7.12. The molecule has 4 nitrogen and oxygen atoms in total. The molecule has 0 aliphatic rings. The average Bonchev–Trinajstić information content (AvgIpc) is 2.70. The van der Waals surface area contributed by atoms with Crippen LogP contribution >= 0.6 is 31.9 Å². The molecule has 3 aromatic rings. The molecule has 0 heterocycles. The van der Waals surface area contributed by atoms with Crippen molar-refractivity contribution in [3.05, 3.63) is 86.8 Å². The molecule has 0 saturated heterocycles. The third kappa shape index (κ3) is 5.14. The maximum absolute atomic E-state index is 12.8. The number of halogens is 2. The number of hydrogen-bond donors (Lipinski definition) is 1. The highest BCUT2D eigenvalue weighted by atomic mass is 79.9. The van der Waals surface area contributed by atoms with E-state index in [4.69, 9.17) is 9.47 Å². The predicted molar refractivity (Wildman–Crippen MR) is 118 cm³/mol. The number of benzene rings is 3. The van der Waals surface area contributed by atoms with Gasteiger partial charge in [0.2, 0.25) is 0 Å². The van der Waals surface area contributed by atoms with Crippen LogP contribution in [0.5, 0.6) is 11.5 Å². The second-order valence-electron chi connectivity index (χ2n) is 5.93. The van der Waals surface area contributed by atoms with Crippen molar-refractivity contribution < 1.29 is 14.3 Å². The van der Waals surface area contributed by atoms with E-state index in [0.29, 0.717) is 40.4 Å². The van der Waals surface area contributed by atoms with E-state index in [-0.39, 0.29) is 5.91 Å². The second-order valence-corrected chi connectivity index (χ2v) is 7.64. The van der Waals surface area contributed by atoms with Gasteiger partial charge < -0.3 is 14.8 Å². The number of para-hydroxylation sites is 1. The van der Waals surface area contributed by atoms with E-state index in [2.05, 4.69) is 37.2 Å². The molecular weight excluding hydrogens is 486 g/mol. The molecule has 0 aromatic heterocycles. The van der Waals surface area contributed by atoms with Crippen LogP contribution in [0.1, 0.15) is 22.8 Å². The Bertz CT molecular complexity index is 961. The van der Waals surface area contributed by atoms with Gasteiger partial charge in [0.25, 0.3) is 5.91 Å². The van der Waals surface area contributed by atoms with Crippen LogP contribution in [0.25, 0.3) is 0 Å². The van der Waals surface area contributed by atoms with Crippen molar-refractivity contribution in [2.75, 3.05) is 11.9 Å². The Morgan fingerprint density at radius 3 is 2.36 bits per heavy atom. The smallest absolute Gasteiger partial charge is 0.255 e. The van der Waals surface area contributed by atoms with Crippen LogP contribution in [-0.2, 0) is 6.61 Å². The van der Waals surface area contributed by atoms with Gasteiger partial charge in [0, 0.05) is 10.0 Å². The van der Waals surface area contributed by atoms with Crippen molar-refractivity contribution >= 4 is 43.5 Å². The molecule has 0 unspecified atom stereocenters. The number of anilines is 1. The first kappa shape index (κ1) is 20.4. The van der Waals surface area contributed by atoms with Crippen LogP contribution < -0.4 is 14.8 Å². The summed E-state index contributed by atoms with van der Waals surface area (Å²) in [7, 11) is 0. The fraction of sp³-hybridized carbons (Fsp3) is 0.136. The quantitative estimate of drug-likeness (QED) is 0.402. The van der Waals surface area contributed by atoms with E-state index in [1.54, 1.807) is 12.1 Å². The van der Waals surface area contributed by atoms with Crippen molar-refractivity contribution in [3.8, 4) is 11.5 Å². The molecule has 0 spiro atoms. The molecule has 0 saturated carbocycles. The Morgan fingerprint density at radius 1 is 0.929 bits per heavy atom. The molecule has 0 bridgehead atoms. The SMILES string of the molecule is CCOc1c(Br)cc(C(=O)Nc2ccccc2Br)cc1OCc1ccccc1. The van der Waals surface area contributed by atoms with Crippen LogP contribution in [0.4, 0.5) is 5.69 Å². The van der Waals surface area contributed by atoms with Gasteiger partial charge in [0.1, 0.15) is 6.61 Å². The lowest BCUT2D eigenvalue weighted by atomic mass is 10.1. The van der Waals surface area contributed by atoms with Crippen molar-refractivity contribution in [2.45, 2.75) is 13.5 Å². The number of hydrogen-bond acceptors (Lipinski definition) is 3. The highest BCUT2D eigenvalue weighted by Gasteiger charge is 2.17. The van der Waals surface area contributed by atoms with E-state index in [1.807, 2.05) is 61.5 Å². The summed E-state index contributed by atoms with van der Waals surface area (Å²) in [6.07, 6.45) is 0. The van der Waals surface area contributed by atoms with Gasteiger partial charge in [-0.15, -0.1) is 0 Å². The zero-order chi connectivity index (χ0) is 19.9. The number of carbonyl (C=O) groups is 1. The summed E-state index contributed by atoms with van der Waals surface area (Å²) in [5.41, 5.74) is 2.20. The maximum atomic E-state index is 12.8. The Labute approximate surface area is 181 Å². The van der Waals surface area contributed by atoms with Crippen LogP contribution in [0.15, 0.2) is 75.7 Å². The van der Waals surface area contributed by atoms with Crippen LogP contribution in [0, 0.1) is 0 Å². The Balaban J connectivity index is 1.86. The lowest BCUT2D eigenvalue weighted by Gasteiger charge is -2.16. The van der Waals surface area contributed by atoms with Gasteiger partial charge >= 0.3 is 0 Å². The molecule has 0 aliphatic carbocycles. The average molecular weight is 505 g/mol. The molecule has 3 aromatic carbocycles. The van der Waals surface area contributed by atoms with Gasteiger partial charge in [-0.05, 0) is 68.6 Å². The fourth-order valence-electron chi connectivity index (χ4n) is 2.58. The van der Waals surface area contributed by atoms with Gasteiger partial charge in [-0.2, -0.15) is 0 Å². The largest absolute Gasteiger partial charge is 0.489 e. The van der Waals surface area contributed by atoms with Gasteiger partial charge in [0.05, 0.1) is 16.8 Å². The first-order chi connectivity index (χ1) is 13.6. The van der Waals surface area contributed by atoms with Crippen LogP contribution in [-0.4, -0.2) is 12.5 Å². The van der Waals surface area contributed by atoms with Crippen molar-refractivity contribution in [1.82, 2.24) is 0 Å². The summed E-state index contributed by atoms with van der Waals surface area (Å²) in [4.78, 5) is 12.8. The zero-order valence-corrected chi connectivity index (χ0v) is 18.4. The predicted octanol–water partition coefficient (Wildman–Crippen LogP) is 6.44. The fourth-order valence-corrected chi connectivity index (χ4v) is 3.52. The van der Waals surface area contributed by atoms with Crippen LogP contribution in [0.3, 0.4) is 0 Å². The number of carbonyl (C=O) groups excluding carboxylic acids is 1. The van der Waals surface area contributed by atoms with Gasteiger partial charge in [-0.3, -0.25) is 4.79 Å². The Hall–Kier alpha value is -2.31. The van der Waals surface area contributed by atoms with Crippen LogP contribution in [0.2, 0.25) is 0 Å². The first-order valence-electron chi connectivity index (χ1n) is 8.77. The van der Waals surface area contributed by atoms with Crippen molar-refractivity contribution in [1.29, 1.82) is 0 Å². The third-order valence-electron chi connectivity index (χ3n) is 3.92. The molecule has 144 valence electrons. The normalized spacial score (nSPS) is 10.4. The number of nitrogens with one attached hydrogen (secondary N) is 1. The molecule has 28 heavy (non-hydrogen) atoms. The molecule has 0 atom stereocenters. The minimum absolute atomic E-state index is 0.236. The molecule has 0 aliphatic heterocycles. The van der Waals surface area contributed by atoms with E-state index < -0.39 is 0 Å². The lowest BCUT2D eigenvalue weighted by Crippen LogP contribution is -2.13. The lowest BCUT2D eigenvalue weighted by molar-refractivity contribution is 0.102. The number of ether oxygens (including phenoxy) is 2. The van der Waals surface area contributed by atoms with Crippen molar-refractivity contribution in [3.63, 3.8) is 0 Å². The topological polar surface area (TPSA) is 47.6 Å². The second kappa shape index (κ2) is 9.75. The number of rotatable bonds is 7. The summed E-state index contributed by atoms with van der Waals surface area (Å²) in [6, 6.07) is 20.7. The van der Waals surface area contributed by atoms with E-state index in [1.165, 1.54) is 0 Å². The molecule has 6 heteroatoms. The summed E-state index contributed by atoms with van der Waals surface area (Å²) in [5, 5.41) is 2.90. The Morgan fingerprint density at radius 2 is 1.64 bits per heavy atom. The molecular formula is C22H19Br2NO3. The first-order valence-corrected chi connectivity index (χ1v) is 10.4. The summed E-state index contributed by atoms with van der Waals surface area (Å²) in [6.45, 7) is 2.77. The van der Waals surface area contributed by atoms with Gasteiger partial charge in [-0.25, -0.2) is 0 Å². The van der Waals surface area contributed by atoms with Gasteiger partial charge in [0.15, 0.2) is 11.5 Å². The third-order valence-corrected chi connectivity index (χ3v) is 5.20. The minimum atomic E-state index is -0.236. The molecule has 0 fully saturated rings. The zero-order valence-electron chi connectivity index (χ0n) is 15.2. The summed E-state index contributed by atoms with van der Waals surface area (Å²) >= 11 is 6.94. The minimum Gasteiger partial charge on any atom is -0.489 e. The molecule has 3 rings (SSSR count). The standard InChI is InChI=1S/C22H19Br2NO3/c1-2-27-21-18(24)12-16(22(26)25-19-11-7-6-10-17(19)23)13-20(21)28-14-15-8-4-3-5-9-15/h3-13H,2,14H2,1H3,(H,25,26). The summed E-state index contributed by atoms with van der Waals surface area (Å²) in [5.74, 6) is 0.855. The highest BCUT2D eigenvalue weighted by Crippen LogP contribution is 2.37. The van der Waals surface area contributed by atoms with E-state index in [0.717, 1.165) is 10.0 Å². The van der Waals surface area contributed by atoms with E-state index >= 15 is 0 Å². The van der Waals surface area contributed by atoms with E-state index in [9.17, 15) is 4.79 Å². The summed E-state index contributed by atoms with van der Waals surface area (Å²) < 4.78 is 13.2. The maximum Gasteiger partial charge on any atom is 0.255 e. The molecule has 0 radical (unpaired) electrons. The van der Waals surface area contributed by atoms with Gasteiger partial charge in [-0.1, -0.05) is 42.5 Å². The molecule has 1 N–H and O–H groups in total.